The van der Waals surface area contributed by atoms with Crippen LogP contribution in [0.15, 0.2) is 65.0 Å². The van der Waals surface area contributed by atoms with Crippen molar-refractivity contribution in [1.29, 1.82) is 0 Å². The molecule has 2 amide bonds. The van der Waals surface area contributed by atoms with Crippen molar-refractivity contribution in [2.24, 2.45) is 12.1 Å². The minimum Gasteiger partial charge on any atom is -0.490 e. The summed E-state index contributed by atoms with van der Waals surface area (Å²) in [6.45, 7) is 3.71. The third kappa shape index (κ3) is 5.73. The van der Waals surface area contributed by atoms with Crippen molar-refractivity contribution in [2.45, 2.75) is 26.1 Å². The van der Waals surface area contributed by atoms with Crippen LogP contribution < -0.4 is 25.5 Å². The number of amides is 2. The molecule has 3 aromatic rings. The highest BCUT2D eigenvalue weighted by Crippen LogP contribution is 2.35. The van der Waals surface area contributed by atoms with E-state index in [9.17, 15) is 14.7 Å². The van der Waals surface area contributed by atoms with Gasteiger partial charge < -0.3 is 34.5 Å². The van der Waals surface area contributed by atoms with Crippen molar-refractivity contribution in [3.05, 3.63) is 71.1 Å². The number of urea groups is 1. The Kier molecular flexibility index (Phi) is 8.17. The van der Waals surface area contributed by atoms with Gasteiger partial charge in [-0.25, -0.2) is 9.59 Å². The van der Waals surface area contributed by atoms with Crippen LogP contribution in [0.5, 0.6) is 11.5 Å². The summed E-state index contributed by atoms with van der Waals surface area (Å²) < 4.78 is 18.4. The topological polar surface area (TPSA) is 135 Å². The summed E-state index contributed by atoms with van der Waals surface area (Å²) in [4.78, 5) is 24.5. The zero-order valence-corrected chi connectivity index (χ0v) is 21.6. The number of benzene rings is 2. The molecule has 200 valence electrons. The highest BCUT2D eigenvalue weighted by atomic mass is 16.5. The van der Waals surface area contributed by atoms with E-state index in [1.165, 1.54) is 7.11 Å². The second-order valence-corrected chi connectivity index (χ2v) is 8.63. The summed E-state index contributed by atoms with van der Waals surface area (Å²) in [6, 6.07) is 11.9. The maximum atomic E-state index is 12.4. The second-order valence-electron chi connectivity index (χ2n) is 8.63. The van der Waals surface area contributed by atoms with Crippen LogP contribution in [0.25, 0.3) is 10.9 Å². The van der Waals surface area contributed by atoms with Crippen LogP contribution in [-0.2, 0) is 16.6 Å². The lowest BCUT2D eigenvalue weighted by Crippen LogP contribution is -2.45. The molecule has 4 N–H and O–H groups in total. The molecule has 11 heteroatoms. The molecule has 1 aliphatic heterocycles. The average molecular weight is 522 g/mol. The summed E-state index contributed by atoms with van der Waals surface area (Å²) in [5.74, 6) is 0.220. The number of nitrogens with one attached hydrogen (secondary N) is 3. The number of esters is 1. The van der Waals surface area contributed by atoms with Crippen molar-refractivity contribution in [3.63, 3.8) is 0 Å². The first-order chi connectivity index (χ1) is 18.3. The van der Waals surface area contributed by atoms with Gasteiger partial charge in [0.2, 0.25) is 0 Å². The van der Waals surface area contributed by atoms with E-state index in [1.807, 2.05) is 49.0 Å². The molecule has 0 radical (unpaired) electrons. The lowest BCUT2D eigenvalue weighted by atomic mass is 9.95. The van der Waals surface area contributed by atoms with E-state index in [0.29, 0.717) is 29.4 Å². The van der Waals surface area contributed by atoms with Crippen LogP contribution >= 0.6 is 0 Å². The molecule has 4 rings (SSSR count). The van der Waals surface area contributed by atoms with Gasteiger partial charge in [0.25, 0.3) is 0 Å². The number of hydrogen-bond acceptors (Lipinski definition) is 8. The normalized spacial score (nSPS) is 16.2. The molecule has 0 saturated carbocycles. The Hall–Kier alpha value is -4.51. The molecule has 1 aromatic heterocycles. The smallest absolute Gasteiger partial charge is 0.337 e. The van der Waals surface area contributed by atoms with Crippen molar-refractivity contribution < 1.29 is 28.9 Å². The fourth-order valence-electron chi connectivity index (χ4n) is 4.29. The van der Waals surface area contributed by atoms with Crippen LogP contribution in [-0.4, -0.2) is 54.4 Å². The van der Waals surface area contributed by atoms with E-state index in [2.05, 4.69) is 21.2 Å². The number of para-hydroxylation sites is 1. The van der Waals surface area contributed by atoms with Crippen molar-refractivity contribution in [2.75, 3.05) is 20.3 Å². The predicted molar refractivity (Wildman–Crippen MR) is 142 cm³/mol. The van der Waals surface area contributed by atoms with Gasteiger partial charge in [0.05, 0.1) is 31.5 Å². The third-order valence-corrected chi connectivity index (χ3v) is 6.03. The van der Waals surface area contributed by atoms with Gasteiger partial charge in [-0.3, -0.25) is 5.43 Å². The summed E-state index contributed by atoms with van der Waals surface area (Å²) in [6.07, 6.45) is 2.52. The number of aryl methyl sites for hydroxylation is 1. The minimum absolute atomic E-state index is 0.108. The number of hydrazone groups is 1. The number of aliphatic hydroxyl groups is 1. The first-order valence-corrected chi connectivity index (χ1v) is 12.1. The number of methoxy groups -OCH3 is 1. The minimum atomic E-state index is -1.09. The SMILES string of the molecule is CCOc1cc([C@H]2NC(=O)NC(C)=C2C(=O)OC)ccc1OC[C@@H](O)N/N=C/c1cn(C)c2ccccc12. The predicted octanol–water partition coefficient (Wildman–Crippen LogP) is 2.70. The molecule has 0 spiro atoms. The maximum absolute atomic E-state index is 12.4. The molecule has 38 heavy (non-hydrogen) atoms. The number of fused-ring (bicyclic) bond motifs is 1. The number of aromatic nitrogens is 1. The Morgan fingerprint density at radius 1 is 1.24 bits per heavy atom. The molecule has 0 saturated heterocycles. The van der Waals surface area contributed by atoms with Gasteiger partial charge in [0.1, 0.15) is 6.61 Å². The molecule has 11 nitrogen and oxygen atoms in total. The summed E-state index contributed by atoms with van der Waals surface area (Å²) in [5.41, 5.74) is 5.95. The van der Waals surface area contributed by atoms with Gasteiger partial charge in [-0.15, -0.1) is 0 Å². The summed E-state index contributed by atoms with van der Waals surface area (Å²) in [7, 11) is 3.24. The fourth-order valence-corrected chi connectivity index (χ4v) is 4.29. The molecule has 0 fully saturated rings. The molecular weight excluding hydrogens is 490 g/mol. The monoisotopic (exact) mass is 521 g/mol. The van der Waals surface area contributed by atoms with E-state index in [0.717, 1.165) is 16.5 Å². The first kappa shape index (κ1) is 26.6. The number of rotatable bonds is 10. The summed E-state index contributed by atoms with van der Waals surface area (Å²) in [5, 5.41) is 20.9. The van der Waals surface area contributed by atoms with Crippen LogP contribution in [0.3, 0.4) is 0 Å². The average Bonchev–Trinajstić information content (AvgIpc) is 3.22. The summed E-state index contributed by atoms with van der Waals surface area (Å²) >= 11 is 0. The molecule has 0 bridgehead atoms. The quantitative estimate of drug-likeness (QED) is 0.139. The number of ether oxygens (including phenoxy) is 3. The lowest BCUT2D eigenvalue weighted by Gasteiger charge is -2.28. The highest BCUT2D eigenvalue weighted by Gasteiger charge is 2.32. The fraction of sp³-hybridized carbons (Fsp3) is 0.296. The van der Waals surface area contributed by atoms with Crippen molar-refractivity contribution >= 4 is 29.1 Å². The zero-order valence-electron chi connectivity index (χ0n) is 21.6. The van der Waals surface area contributed by atoms with Crippen LogP contribution in [0, 0.1) is 0 Å². The van der Waals surface area contributed by atoms with Crippen LogP contribution in [0.4, 0.5) is 4.79 Å². The van der Waals surface area contributed by atoms with E-state index >= 15 is 0 Å². The van der Waals surface area contributed by atoms with E-state index < -0.39 is 24.3 Å². The Morgan fingerprint density at radius 3 is 2.79 bits per heavy atom. The van der Waals surface area contributed by atoms with Gasteiger partial charge in [-0.05, 0) is 37.6 Å². The number of aliphatic hydroxyl groups excluding tert-OH is 1. The largest absolute Gasteiger partial charge is 0.490 e. The first-order valence-electron chi connectivity index (χ1n) is 12.1. The van der Waals surface area contributed by atoms with Gasteiger partial charge in [0.15, 0.2) is 17.7 Å². The van der Waals surface area contributed by atoms with E-state index in [-0.39, 0.29) is 12.2 Å². The Bertz CT molecular complexity index is 1400. The van der Waals surface area contributed by atoms with E-state index in [4.69, 9.17) is 14.2 Å². The number of allylic oxidation sites excluding steroid dienone is 1. The molecular formula is C27H31N5O6. The number of carbonyl (C=O) groups is 2. The standard InChI is InChI=1S/C27H31N5O6/c1-5-37-22-12-17(25-24(26(34)36-4)16(2)29-27(35)30-25)10-11-21(22)38-15-23(33)31-28-13-18-14-32(3)20-9-7-6-8-19(18)20/h6-14,23,25,31,33H,5,15H2,1-4H3,(H2,29,30,35)/b28-13+/t23-,25-/m1/s1. The van der Waals surface area contributed by atoms with Crippen LogP contribution in [0.1, 0.15) is 31.0 Å². The third-order valence-electron chi connectivity index (χ3n) is 6.03. The Morgan fingerprint density at radius 2 is 2.03 bits per heavy atom. The zero-order chi connectivity index (χ0) is 27.2. The Balaban J connectivity index is 1.45. The van der Waals surface area contributed by atoms with Gasteiger partial charge in [-0.1, -0.05) is 24.3 Å². The maximum Gasteiger partial charge on any atom is 0.337 e. The molecule has 2 atom stereocenters. The second kappa shape index (κ2) is 11.7. The van der Waals surface area contributed by atoms with Crippen molar-refractivity contribution in [1.82, 2.24) is 20.6 Å². The molecule has 2 aromatic carbocycles. The number of carbonyl (C=O) groups excluding carboxylic acids is 2. The number of nitrogens with zero attached hydrogens (tertiary/aromatic N) is 2. The lowest BCUT2D eigenvalue weighted by molar-refractivity contribution is -0.136. The van der Waals surface area contributed by atoms with Gasteiger partial charge in [0, 0.05) is 35.4 Å². The number of hydrogen-bond donors (Lipinski definition) is 4. The highest BCUT2D eigenvalue weighted by molar-refractivity contribution is 5.99. The van der Waals surface area contributed by atoms with E-state index in [1.54, 1.807) is 31.3 Å². The van der Waals surface area contributed by atoms with Crippen molar-refractivity contribution in [3.8, 4) is 11.5 Å². The molecule has 1 aliphatic rings. The molecule has 0 unspecified atom stereocenters. The molecule has 0 aliphatic carbocycles. The van der Waals surface area contributed by atoms with Gasteiger partial charge >= 0.3 is 12.0 Å². The Labute approximate surface area is 220 Å². The van der Waals surface area contributed by atoms with Crippen LogP contribution in [0.2, 0.25) is 0 Å². The molecule has 2 heterocycles. The van der Waals surface area contributed by atoms with Gasteiger partial charge in [-0.2, -0.15) is 5.10 Å².